The van der Waals surface area contributed by atoms with Gasteiger partial charge >= 0.3 is 0 Å². The molecular weight excluding hydrogens is 248 g/mol. The van der Waals surface area contributed by atoms with Crippen LogP contribution in [0.5, 0.6) is 0 Å². The van der Waals surface area contributed by atoms with E-state index >= 15 is 0 Å². The fourth-order valence-corrected chi connectivity index (χ4v) is 2.55. The highest BCUT2D eigenvalue weighted by Crippen LogP contribution is 2.15. The molecule has 0 radical (unpaired) electrons. The normalized spacial score (nSPS) is 14.2. The van der Waals surface area contributed by atoms with Gasteiger partial charge in [0, 0.05) is 11.8 Å². The number of nitrogens with zero attached hydrogens (tertiary/aromatic N) is 3. The van der Waals surface area contributed by atoms with E-state index in [4.69, 9.17) is 10.3 Å². The van der Waals surface area contributed by atoms with Gasteiger partial charge in [0.25, 0.3) is 0 Å². The van der Waals surface area contributed by atoms with Crippen LogP contribution in [0.4, 0.5) is 0 Å². The van der Waals surface area contributed by atoms with Crippen molar-refractivity contribution in [3.8, 4) is 0 Å². The molecule has 0 bridgehead atoms. The van der Waals surface area contributed by atoms with E-state index in [1.165, 1.54) is 0 Å². The summed E-state index contributed by atoms with van der Waals surface area (Å²) in [6.07, 6.45) is 3.24. The predicted octanol–water partition coefficient (Wildman–Crippen LogP) is 1.84. The van der Waals surface area contributed by atoms with Crippen LogP contribution in [0.15, 0.2) is 4.52 Å². The highest BCUT2D eigenvalue weighted by atomic mass is 32.2. The summed E-state index contributed by atoms with van der Waals surface area (Å²) in [6.45, 7) is 6.60. The molecule has 0 fully saturated rings. The fraction of sp³-hybridized carbons (Fsp3) is 0.833. The average molecular weight is 272 g/mol. The maximum absolute atomic E-state index is 5.93. The molecule has 1 aromatic heterocycles. The molecule has 1 rings (SSSR count). The third kappa shape index (κ3) is 4.26. The Morgan fingerprint density at radius 2 is 2.17 bits per heavy atom. The Kier molecular flexibility index (Phi) is 5.62. The fourth-order valence-electron chi connectivity index (χ4n) is 1.67. The van der Waals surface area contributed by atoms with Gasteiger partial charge in [-0.1, -0.05) is 12.1 Å². The molecule has 1 unspecified atom stereocenters. The molecule has 0 saturated carbocycles. The number of thioether (sulfide) groups is 1. The molecule has 1 heterocycles. The van der Waals surface area contributed by atoms with Crippen molar-refractivity contribution in [2.75, 3.05) is 19.1 Å². The van der Waals surface area contributed by atoms with Crippen LogP contribution in [0.3, 0.4) is 0 Å². The summed E-state index contributed by atoms with van der Waals surface area (Å²) in [5.41, 5.74) is 5.38. The van der Waals surface area contributed by atoms with Crippen molar-refractivity contribution in [1.82, 2.24) is 15.0 Å². The predicted molar refractivity (Wildman–Crippen MR) is 75.4 cm³/mol. The zero-order valence-electron chi connectivity index (χ0n) is 11.9. The molecule has 2 N–H and O–H groups in total. The van der Waals surface area contributed by atoms with Gasteiger partial charge in [-0.25, -0.2) is 0 Å². The molecule has 0 aliphatic rings. The zero-order valence-corrected chi connectivity index (χ0v) is 12.8. The molecule has 6 heteroatoms. The number of hydrogen-bond acceptors (Lipinski definition) is 6. The van der Waals surface area contributed by atoms with Crippen LogP contribution in [-0.2, 0) is 12.1 Å². The highest BCUT2D eigenvalue weighted by molar-refractivity contribution is 7.98. The van der Waals surface area contributed by atoms with Gasteiger partial charge in [-0.2, -0.15) is 16.7 Å². The third-order valence-electron chi connectivity index (χ3n) is 2.88. The topological polar surface area (TPSA) is 68.2 Å². The standard InChI is InChI=1S/C12H24N4OS/c1-6-9(8-18-5)16(4)7-10-14-11(15-17-10)12(2,3)13/h9H,6-8,13H2,1-5H3. The number of aromatic nitrogens is 2. The summed E-state index contributed by atoms with van der Waals surface area (Å²) in [5.74, 6) is 2.30. The largest absolute Gasteiger partial charge is 0.338 e. The van der Waals surface area contributed by atoms with Gasteiger partial charge in [0.2, 0.25) is 5.89 Å². The second-order valence-electron chi connectivity index (χ2n) is 5.17. The average Bonchev–Trinajstić information content (AvgIpc) is 2.73. The highest BCUT2D eigenvalue weighted by Gasteiger charge is 2.22. The molecule has 0 aromatic carbocycles. The Morgan fingerprint density at radius 3 is 2.61 bits per heavy atom. The number of nitrogens with two attached hydrogens (primary N) is 1. The van der Waals surface area contributed by atoms with Crippen LogP contribution in [-0.4, -0.2) is 40.1 Å². The molecule has 1 atom stereocenters. The minimum atomic E-state index is -0.552. The van der Waals surface area contributed by atoms with Gasteiger partial charge in [-0.15, -0.1) is 0 Å². The lowest BCUT2D eigenvalue weighted by Crippen LogP contribution is -2.33. The van der Waals surface area contributed by atoms with Gasteiger partial charge in [0.1, 0.15) is 0 Å². The van der Waals surface area contributed by atoms with Crippen molar-refractivity contribution in [3.63, 3.8) is 0 Å². The third-order valence-corrected chi connectivity index (χ3v) is 3.60. The quantitative estimate of drug-likeness (QED) is 0.817. The van der Waals surface area contributed by atoms with E-state index in [0.29, 0.717) is 24.3 Å². The van der Waals surface area contributed by atoms with Crippen LogP contribution in [0.1, 0.15) is 38.9 Å². The van der Waals surface area contributed by atoms with Crippen molar-refractivity contribution in [2.45, 2.75) is 45.3 Å². The first-order chi connectivity index (χ1) is 8.38. The summed E-state index contributed by atoms with van der Waals surface area (Å²) in [6, 6.07) is 0.529. The van der Waals surface area contributed by atoms with E-state index in [1.807, 2.05) is 25.6 Å². The van der Waals surface area contributed by atoms with Crippen LogP contribution < -0.4 is 5.73 Å². The Morgan fingerprint density at radius 1 is 1.50 bits per heavy atom. The maximum Gasteiger partial charge on any atom is 0.240 e. The van der Waals surface area contributed by atoms with Crippen molar-refractivity contribution in [2.24, 2.45) is 5.73 Å². The van der Waals surface area contributed by atoms with Gasteiger partial charge in [-0.05, 0) is 33.6 Å². The van der Waals surface area contributed by atoms with Crippen LogP contribution in [0, 0.1) is 0 Å². The Labute approximate surface area is 113 Å². The number of rotatable bonds is 7. The van der Waals surface area contributed by atoms with Crippen LogP contribution in [0.2, 0.25) is 0 Å². The number of hydrogen-bond donors (Lipinski definition) is 1. The lowest BCUT2D eigenvalue weighted by atomic mass is 10.1. The van der Waals surface area contributed by atoms with Gasteiger partial charge in [0.05, 0.1) is 12.1 Å². The van der Waals surface area contributed by atoms with E-state index in [0.717, 1.165) is 12.2 Å². The van der Waals surface area contributed by atoms with Gasteiger partial charge in [0.15, 0.2) is 5.82 Å². The Balaban J connectivity index is 2.64. The van der Waals surface area contributed by atoms with E-state index in [1.54, 1.807) is 0 Å². The van der Waals surface area contributed by atoms with E-state index in [2.05, 4.69) is 35.3 Å². The monoisotopic (exact) mass is 272 g/mol. The Hall–Kier alpha value is -0.590. The van der Waals surface area contributed by atoms with Crippen molar-refractivity contribution in [1.29, 1.82) is 0 Å². The molecule has 0 saturated heterocycles. The molecule has 0 aliphatic heterocycles. The molecule has 0 spiro atoms. The van der Waals surface area contributed by atoms with E-state index in [-0.39, 0.29) is 0 Å². The first-order valence-corrected chi connectivity index (χ1v) is 7.59. The van der Waals surface area contributed by atoms with Crippen molar-refractivity contribution in [3.05, 3.63) is 11.7 Å². The van der Waals surface area contributed by atoms with E-state index < -0.39 is 5.54 Å². The van der Waals surface area contributed by atoms with E-state index in [9.17, 15) is 0 Å². The molecule has 104 valence electrons. The minimum absolute atomic E-state index is 0.529. The van der Waals surface area contributed by atoms with Crippen LogP contribution >= 0.6 is 11.8 Å². The molecule has 0 amide bonds. The Bertz CT molecular complexity index is 361. The van der Waals surface area contributed by atoms with Crippen molar-refractivity contribution < 1.29 is 4.52 Å². The molecule has 18 heavy (non-hydrogen) atoms. The maximum atomic E-state index is 5.93. The van der Waals surface area contributed by atoms with Gasteiger partial charge < -0.3 is 10.3 Å². The zero-order chi connectivity index (χ0) is 13.8. The molecule has 1 aromatic rings. The summed E-state index contributed by atoms with van der Waals surface area (Å²) < 4.78 is 5.25. The van der Waals surface area contributed by atoms with Gasteiger partial charge in [-0.3, -0.25) is 4.90 Å². The van der Waals surface area contributed by atoms with Crippen LogP contribution in [0.25, 0.3) is 0 Å². The van der Waals surface area contributed by atoms with Crippen molar-refractivity contribution >= 4 is 11.8 Å². The summed E-state index contributed by atoms with van der Waals surface area (Å²) in [5, 5.41) is 3.93. The lowest BCUT2D eigenvalue weighted by Gasteiger charge is -2.24. The first-order valence-electron chi connectivity index (χ1n) is 6.19. The summed E-state index contributed by atoms with van der Waals surface area (Å²) in [4.78, 5) is 6.59. The SMILES string of the molecule is CCC(CSC)N(C)Cc1nc(C(C)(C)N)no1. The summed E-state index contributed by atoms with van der Waals surface area (Å²) in [7, 11) is 2.09. The second kappa shape index (κ2) is 6.54. The first kappa shape index (κ1) is 15.5. The minimum Gasteiger partial charge on any atom is -0.338 e. The molecule has 0 aliphatic carbocycles. The lowest BCUT2D eigenvalue weighted by molar-refractivity contribution is 0.213. The second-order valence-corrected chi connectivity index (χ2v) is 6.08. The summed E-state index contributed by atoms with van der Waals surface area (Å²) >= 11 is 1.85. The molecular formula is C12H24N4OS. The smallest absolute Gasteiger partial charge is 0.240 e. The molecule has 5 nitrogen and oxygen atoms in total.